The van der Waals surface area contributed by atoms with Crippen molar-refractivity contribution >= 4 is 35.1 Å². The first kappa shape index (κ1) is 18.9. The average Bonchev–Trinajstić information content (AvgIpc) is 2.71. The van der Waals surface area contributed by atoms with E-state index in [2.05, 4.69) is 0 Å². The molecule has 0 aliphatic heterocycles. The van der Waals surface area contributed by atoms with Crippen LogP contribution in [0.4, 0.5) is 11.4 Å². The van der Waals surface area contributed by atoms with Crippen molar-refractivity contribution in [3.05, 3.63) is 107 Å². The van der Waals surface area contributed by atoms with Crippen LogP contribution in [0.5, 0.6) is 0 Å². The predicted octanol–water partition coefficient (Wildman–Crippen LogP) is 4.64. The lowest BCUT2D eigenvalue weighted by atomic mass is 10.1. The number of rotatable bonds is 6. The molecule has 0 fully saturated rings. The third-order valence-electron chi connectivity index (χ3n) is 4.13. The summed E-state index contributed by atoms with van der Waals surface area (Å²) in [5.41, 5.74) is 15.4. The molecule has 0 spiro atoms. The molecule has 0 radical (unpaired) electrons. The lowest BCUT2D eigenvalue weighted by molar-refractivity contribution is 0.104. The maximum Gasteiger partial charge on any atom is 0.185 e. The van der Waals surface area contributed by atoms with Crippen LogP contribution in [0.2, 0.25) is 0 Å². The highest BCUT2D eigenvalue weighted by molar-refractivity contribution is 6.08. The van der Waals surface area contributed by atoms with Crippen molar-refractivity contribution in [3.8, 4) is 0 Å². The van der Waals surface area contributed by atoms with Gasteiger partial charge in [0.2, 0.25) is 0 Å². The quantitative estimate of drug-likeness (QED) is 0.377. The zero-order chi connectivity index (χ0) is 19.9. The largest absolute Gasteiger partial charge is 0.399 e. The Hall–Kier alpha value is -3.92. The van der Waals surface area contributed by atoms with Crippen LogP contribution in [0.25, 0.3) is 12.2 Å². The van der Waals surface area contributed by atoms with Gasteiger partial charge in [0.05, 0.1) is 0 Å². The summed E-state index contributed by atoms with van der Waals surface area (Å²) in [5, 5.41) is 0. The van der Waals surface area contributed by atoms with Crippen molar-refractivity contribution in [3.63, 3.8) is 0 Å². The van der Waals surface area contributed by atoms with Crippen LogP contribution in [-0.4, -0.2) is 11.6 Å². The number of nitrogen functional groups attached to an aromatic ring is 2. The summed E-state index contributed by atoms with van der Waals surface area (Å²) in [7, 11) is 0. The molecule has 0 aliphatic rings. The molecule has 0 atom stereocenters. The number of benzene rings is 3. The van der Waals surface area contributed by atoms with Crippen molar-refractivity contribution in [2.24, 2.45) is 0 Å². The average molecular weight is 368 g/mol. The number of carbonyl (C=O) groups is 2. The number of anilines is 2. The summed E-state index contributed by atoms with van der Waals surface area (Å²) < 4.78 is 0. The molecule has 3 rings (SSSR count). The third kappa shape index (κ3) is 5.05. The summed E-state index contributed by atoms with van der Waals surface area (Å²) in [6, 6.07) is 21.3. The standard InChI is InChI=1S/C24H20N2O2/c25-21-5-1-3-19(15-21)23(27)13-11-17-7-9-18(10-8-17)12-14-24(28)20-4-2-6-22(26)16-20/h1-16H,25-26H2/b13-11+,14-12+. The highest BCUT2D eigenvalue weighted by Gasteiger charge is 2.02. The first-order valence-electron chi connectivity index (χ1n) is 8.77. The topological polar surface area (TPSA) is 86.2 Å². The van der Waals surface area contributed by atoms with E-state index in [1.54, 1.807) is 60.7 Å². The molecule has 0 aliphatic carbocycles. The Morgan fingerprint density at radius 1 is 0.607 bits per heavy atom. The zero-order valence-corrected chi connectivity index (χ0v) is 15.2. The van der Waals surface area contributed by atoms with Gasteiger partial charge in [-0.3, -0.25) is 9.59 Å². The molecule has 3 aromatic carbocycles. The van der Waals surface area contributed by atoms with E-state index in [9.17, 15) is 9.59 Å². The smallest absolute Gasteiger partial charge is 0.185 e. The second kappa shape index (κ2) is 8.64. The molecule has 0 heterocycles. The van der Waals surface area contributed by atoms with E-state index in [1.807, 2.05) is 24.3 Å². The molecule has 0 amide bonds. The van der Waals surface area contributed by atoms with Crippen molar-refractivity contribution in [1.82, 2.24) is 0 Å². The number of nitrogens with two attached hydrogens (primary N) is 2. The summed E-state index contributed by atoms with van der Waals surface area (Å²) in [6.45, 7) is 0. The van der Waals surface area contributed by atoms with Crippen LogP contribution >= 0.6 is 0 Å². The van der Waals surface area contributed by atoms with Gasteiger partial charge in [-0.1, -0.05) is 60.7 Å². The van der Waals surface area contributed by atoms with E-state index in [1.165, 1.54) is 12.2 Å². The molecule has 0 aromatic heterocycles. The molecule has 0 saturated heterocycles. The summed E-state index contributed by atoms with van der Waals surface area (Å²) >= 11 is 0. The predicted molar refractivity (Wildman–Crippen MR) is 115 cm³/mol. The zero-order valence-electron chi connectivity index (χ0n) is 15.2. The summed E-state index contributed by atoms with van der Waals surface area (Å²) in [6.07, 6.45) is 6.53. The highest BCUT2D eigenvalue weighted by atomic mass is 16.1. The van der Waals surface area contributed by atoms with Crippen LogP contribution < -0.4 is 11.5 Å². The molecule has 3 aromatic rings. The minimum absolute atomic E-state index is 0.107. The van der Waals surface area contributed by atoms with Gasteiger partial charge < -0.3 is 11.5 Å². The second-order valence-electron chi connectivity index (χ2n) is 6.31. The van der Waals surface area contributed by atoms with E-state index in [0.29, 0.717) is 22.5 Å². The number of hydrogen-bond acceptors (Lipinski definition) is 4. The molecule has 28 heavy (non-hydrogen) atoms. The Morgan fingerprint density at radius 2 is 1.00 bits per heavy atom. The van der Waals surface area contributed by atoms with E-state index in [-0.39, 0.29) is 11.6 Å². The van der Waals surface area contributed by atoms with Crippen molar-refractivity contribution in [2.45, 2.75) is 0 Å². The normalized spacial score (nSPS) is 11.1. The van der Waals surface area contributed by atoms with Crippen molar-refractivity contribution < 1.29 is 9.59 Å². The van der Waals surface area contributed by atoms with E-state index < -0.39 is 0 Å². The van der Waals surface area contributed by atoms with Crippen molar-refractivity contribution in [2.75, 3.05) is 11.5 Å². The van der Waals surface area contributed by atoms with Crippen LogP contribution in [0.3, 0.4) is 0 Å². The molecule has 4 heteroatoms. The fraction of sp³-hybridized carbons (Fsp3) is 0. The molecule has 0 unspecified atom stereocenters. The van der Waals surface area contributed by atoms with E-state index >= 15 is 0 Å². The molecule has 0 bridgehead atoms. The first-order chi connectivity index (χ1) is 13.5. The fourth-order valence-electron chi connectivity index (χ4n) is 2.64. The van der Waals surface area contributed by atoms with Gasteiger partial charge in [0, 0.05) is 22.5 Å². The van der Waals surface area contributed by atoms with Crippen LogP contribution in [0, 0.1) is 0 Å². The third-order valence-corrected chi connectivity index (χ3v) is 4.13. The molecular weight excluding hydrogens is 348 g/mol. The molecule has 138 valence electrons. The Morgan fingerprint density at radius 3 is 1.36 bits per heavy atom. The van der Waals surface area contributed by atoms with E-state index in [4.69, 9.17) is 11.5 Å². The Labute approximate surface area is 163 Å². The van der Waals surface area contributed by atoms with Gasteiger partial charge in [-0.25, -0.2) is 0 Å². The van der Waals surface area contributed by atoms with E-state index in [0.717, 1.165) is 11.1 Å². The SMILES string of the molecule is Nc1cccc(C(=O)/C=C/c2ccc(/C=C/C(=O)c3cccc(N)c3)cc2)c1. The first-order valence-corrected chi connectivity index (χ1v) is 8.77. The van der Waals surface area contributed by atoms with Gasteiger partial charge in [-0.2, -0.15) is 0 Å². The molecular formula is C24H20N2O2. The molecule has 0 saturated carbocycles. The maximum atomic E-state index is 12.2. The Bertz CT molecular complexity index is 977. The number of ketones is 2. The Kier molecular flexibility index (Phi) is 5.82. The molecule has 4 nitrogen and oxygen atoms in total. The number of hydrogen-bond donors (Lipinski definition) is 2. The molecule has 4 N–H and O–H groups in total. The van der Waals surface area contributed by atoms with Crippen LogP contribution in [0.1, 0.15) is 31.8 Å². The van der Waals surface area contributed by atoms with Gasteiger partial charge in [0.25, 0.3) is 0 Å². The minimum Gasteiger partial charge on any atom is -0.399 e. The van der Waals surface area contributed by atoms with Crippen LogP contribution in [0.15, 0.2) is 84.9 Å². The monoisotopic (exact) mass is 368 g/mol. The highest BCUT2D eigenvalue weighted by Crippen LogP contribution is 2.13. The van der Waals surface area contributed by atoms with Gasteiger partial charge in [0.1, 0.15) is 0 Å². The maximum absolute atomic E-state index is 12.2. The van der Waals surface area contributed by atoms with Gasteiger partial charge in [-0.15, -0.1) is 0 Å². The minimum atomic E-state index is -0.107. The van der Waals surface area contributed by atoms with Gasteiger partial charge in [-0.05, 0) is 47.5 Å². The lowest BCUT2D eigenvalue weighted by Crippen LogP contribution is -1.96. The van der Waals surface area contributed by atoms with Crippen molar-refractivity contribution in [1.29, 1.82) is 0 Å². The number of allylic oxidation sites excluding steroid dienone is 2. The summed E-state index contributed by atoms with van der Waals surface area (Å²) in [4.78, 5) is 24.3. The van der Waals surface area contributed by atoms with Gasteiger partial charge >= 0.3 is 0 Å². The summed E-state index contributed by atoms with van der Waals surface area (Å²) in [5.74, 6) is -0.215. The van der Waals surface area contributed by atoms with Crippen LogP contribution in [-0.2, 0) is 0 Å². The number of carbonyl (C=O) groups excluding carboxylic acids is 2. The second-order valence-corrected chi connectivity index (χ2v) is 6.31. The fourth-order valence-corrected chi connectivity index (χ4v) is 2.64. The van der Waals surface area contributed by atoms with Gasteiger partial charge in [0.15, 0.2) is 11.6 Å². The Balaban J connectivity index is 1.64. The lowest BCUT2D eigenvalue weighted by Gasteiger charge is -1.99.